The van der Waals surface area contributed by atoms with Crippen LogP contribution in [0.1, 0.15) is 19.3 Å². The number of benzene rings is 1. The number of nitrogens with one attached hydrogen (secondary N) is 1. The maximum Gasteiger partial charge on any atom is 0.230 e. The van der Waals surface area contributed by atoms with E-state index >= 15 is 0 Å². The molecule has 19 heavy (non-hydrogen) atoms. The first-order valence-corrected chi connectivity index (χ1v) is 7.80. The van der Waals surface area contributed by atoms with Crippen molar-refractivity contribution >= 4 is 40.9 Å². The van der Waals surface area contributed by atoms with Crippen LogP contribution in [0.3, 0.4) is 0 Å². The number of thioether (sulfide) groups is 1. The van der Waals surface area contributed by atoms with Crippen LogP contribution < -0.4 is 5.32 Å². The lowest BCUT2D eigenvalue weighted by molar-refractivity contribution is -0.121. The largest absolute Gasteiger partial charge is 0.388 e. The van der Waals surface area contributed by atoms with Crippen LogP contribution >= 0.6 is 35.0 Å². The standard InChI is InChI=1S/C13H15Cl2NO2S/c14-9-2-3-10(15)11(6-9)19-7-12(17)16-8-13(18)4-1-5-13/h2-3,6,18H,1,4-5,7-8H2,(H,16,17). The lowest BCUT2D eigenvalue weighted by Crippen LogP contribution is -2.48. The smallest absolute Gasteiger partial charge is 0.230 e. The van der Waals surface area contributed by atoms with Crippen molar-refractivity contribution in [2.75, 3.05) is 12.3 Å². The van der Waals surface area contributed by atoms with Gasteiger partial charge in [-0.25, -0.2) is 0 Å². The molecular formula is C13H15Cl2NO2S. The normalized spacial score (nSPS) is 16.8. The minimum Gasteiger partial charge on any atom is -0.388 e. The van der Waals surface area contributed by atoms with Crippen molar-refractivity contribution in [2.24, 2.45) is 0 Å². The van der Waals surface area contributed by atoms with Crippen LogP contribution in [0.4, 0.5) is 0 Å². The number of halogens is 2. The SMILES string of the molecule is O=C(CSc1cc(Cl)ccc1Cl)NCC1(O)CCC1. The Morgan fingerprint density at radius 1 is 1.42 bits per heavy atom. The van der Waals surface area contributed by atoms with E-state index in [4.69, 9.17) is 23.2 Å². The number of hydrogen-bond acceptors (Lipinski definition) is 3. The zero-order valence-electron chi connectivity index (χ0n) is 10.3. The highest BCUT2D eigenvalue weighted by atomic mass is 35.5. The summed E-state index contributed by atoms with van der Waals surface area (Å²) >= 11 is 13.2. The fraction of sp³-hybridized carbons (Fsp3) is 0.462. The molecule has 1 aromatic carbocycles. The van der Waals surface area contributed by atoms with Crippen LogP contribution in [-0.2, 0) is 4.79 Å². The Balaban J connectivity index is 1.78. The van der Waals surface area contributed by atoms with E-state index in [1.807, 2.05) is 0 Å². The number of carbonyl (C=O) groups excluding carboxylic acids is 1. The van der Waals surface area contributed by atoms with Crippen LogP contribution in [0.25, 0.3) is 0 Å². The monoisotopic (exact) mass is 319 g/mol. The minimum absolute atomic E-state index is 0.110. The summed E-state index contributed by atoms with van der Waals surface area (Å²) in [4.78, 5) is 12.5. The molecule has 0 radical (unpaired) electrons. The molecule has 1 aromatic rings. The summed E-state index contributed by atoms with van der Waals surface area (Å²) in [6.45, 7) is 0.329. The summed E-state index contributed by atoms with van der Waals surface area (Å²) in [6.07, 6.45) is 2.56. The van der Waals surface area contributed by atoms with Gasteiger partial charge in [0.25, 0.3) is 0 Å². The van der Waals surface area contributed by atoms with Gasteiger partial charge in [0.05, 0.1) is 16.4 Å². The highest BCUT2D eigenvalue weighted by Gasteiger charge is 2.34. The third-order valence-corrected chi connectivity index (χ3v) is 4.88. The van der Waals surface area contributed by atoms with Crippen molar-refractivity contribution in [3.05, 3.63) is 28.2 Å². The van der Waals surface area contributed by atoms with Crippen LogP contribution in [0.15, 0.2) is 23.1 Å². The van der Waals surface area contributed by atoms with Crippen LogP contribution in [-0.4, -0.2) is 28.9 Å². The molecule has 0 saturated heterocycles. The fourth-order valence-electron chi connectivity index (χ4n) is 1.81. The van der Waals surface area contributed by atoms with Gasteiger partial charge < -0.3 is 10.4 Å². The maximum atomic E-state index is 11.7. The van der Waals surface area contributed by atoms with Crippen LogP contribution in [0.5, 0.6) is 0 Å². The molecule has 0 bridgehead atoms. The molecule has 3 nitrogen and oxygen atoms in total. The molecule has 0 heterocycles. The molecule has 1 aliphatic rings. The molecule has 0 spiro atoms. The fourth-order valence-corrected chi connectivity index (χ4v) is 3.13. The summed E-state index contributed by atoms with van der Waals surface area (Å²) in [7, 11) is 0. The van der Waals surface area contributed by atoms with Crippen LogP contribution in [0, 0.1) is 0 Å². The number of amides is 1. The van der Waals surface area contributed by atoms with Crippen molar-refractivity contribution in [3.8, 4) is 0 Å². The molecule has 1 amide bonds. The number of rotatable bonds is 5. The Bertz CT molecular complexity index is 478. The van der Waals surface area contributed by atoms with Crippen molar-refractivity contribution < 1.29 is 9.90 Å². The minimum atomic E-state index is -0.686. The van der Waals surface area contributed by atoms with Crippen molar-refractivity contribution in [1.29, 1.82) is 0 Å². The third kappa shape index (κ3) is 4.28. The molecule has 0 aromatic heterocycles. The van der Waals surface area contributed by atoms with Gasteiger partial charge in [-0.2, -0.15) is 0 Å². The zero-order chi connectivity index (χ0) is 13.9. The Labute approximate surface area is 126 Å². The van der Waals surface area contributed by atoms with E-state index < -0.39 is 5.60 Å². The molecule has 1 saturated carbocycles. The summed E-state index contributed by atoms with van der Waals surface area (Å²) in [5, 5.41) is 13.8. The highest BCUT2D eigenvalue weighted by molar-refractivity contribution is 8.00. The van der Waals surface area contributed by atoms with Gasteiger partial charge >= 0.3 is 0 Å². The predicted molar refractivity (Wildman–Crippen MR) is 79.0 cm³/mol. The van der Waals surface area contributed by atoms with Gasteiger partial charge in [0.2, 0.25) is 5.91 Å². The van der Waals surface area contributed by atoms with E-state index in [1.165, 1.54) is 11.8 Å². The third-order valence-electron chi connectivity index (χ3n) is 3.15. The second kappa shape index (κ2) is 6.35. The van der Waals surface area contributed by atoms with E-state index in [1.54, 1.807) is 18.2 Å². The van der Waals surface area contributed by atoms with E-state index in [2.05, 4.69) is 5.32 Å². The Morgan fingerprint density at radius 3 is 2.79 bits per heavy atom. The highest BCUT2D eigenvalue weighted by Crippen LogP contribution is 2.31. The summed E-state index contributed by atoms with van der Waals surface area (Å²) < 4.78 is 0. The topological polar surface area (TPSA) is 49.3 Å². The average molecular weight is 320 g/mol. The molecule has 2 N–H and O–H groups in total. The Morgan fingerprint density at radius 2 is 2.16 bits per heavy atom. The number of aliphatic hydroxyl groups is 1. The Hall–Kier alpha value is -0.420. The van der Waals surface area contributed by atoms with Crippen LogP contribution in [0.2, 0.25) is 10.0 Å². The molecular weight excluding hydrogens is 305 g/mol. The number of carbonyl (C=O) groups is 1. The van der Waals surface area contributed by atoms with Gasteiger partial charge in [-0.1, -0.05) is 23.2 Å². The summed E-state index contributed by atoms with van der Waals surface area (Å²) in [6, 6.07) is 5.16. The second-order valence-corrected chi connectivity index (χ2v) is 6.58. The maximum absolute atomic E-state index is 11.7. The van der Waals surface area contributed by atoms with E-state index in [0.29, 0.717) is 16.6 Å². The van der Waals surface area contributed by atoms with E-state index in [-0.39, 0.29) is 11.7 Å². The average Bonchev–Trinajstić information content (AvgIpc) is 2.35. The van der Waals surface area contributed by atoms with Gasteiger partial charge in [-0.15, -0.1) is 11.8 Å². The number of hydrogen-bond donors (Lipinski definition) is 2. The first-order valence-electron chi connectivity index (χ1n) is 6.05. The van der Waals surface area contributed by atoms with Crippen molar-refractivity contribution in [3.63, 3.8) is 0 Å². The van der Waals surface area contributed by atoms with Gasteiger partial charge in [-0.3, -0.25) is 4.79 Å². The molecule has 0 atom stereocenters. The molecule has 0 unspecified atom stereocenters. The first kappa shape index (κ1) is 15.0. The lowest BCUT2D eigenvalue weighted by atomic mass is 9.80. The van der Waals surface area contributed by atoms with Gasteiger partial charge in [0.15, 0.2) is 0 Å². The summed E-state index contributed by atoms with van der Waals surface area (Å²) in [5.41, 5.74) is -0.686. The predicted octanol–water partition coefficient (Wildman–Crippen LogP) is 3.12. The van der Waals surface area contributed by atoms with Crippen molar-refractivity contribution in [1.82, 2.24) is 5.32 Å². The molecule has 1 aliphatic carbocycles. The van der Waals surface area contributed by atoms with E-state index in [9.17, 15) is 9.90 Å². The van der Waals surface area contributed by atoms with Gasteiger partial charge in [0, 0.05) is 16.5 Å². The lowest BCUT2D eigenvalue weighted by Gasteiger charge is -2.36. The van der Waals surface area contributed by atoms with Crippen molar-refractivity contribution in [2.45, 2.75) is 29.8 Å². The second-order valence-electron chi connectivity index (χ2n) is 4.72. The first-order chi connectivity index (χ1) is 8.98. The summed E-state index contributed by atoms with van der Waals surface area (Å²) in [5.74, 6) is 0.150. The molecule has 104 valence electrons. The van der Waals surface area contributed by atoms with Gasteiger partial charge in [-0.05, 0) is 37.5 Å². The quantitative estimate of drug-likeness (QED) is 0.820. The molecule has 0 aliphatic heterocycles. The Kier molecular flexibility index (Phi) is 5.01. The van der Waals surface area contributed by atoms with E-state index in [0.717, 1.165) is 24.2 Å². The zero-order valence-corrected chi connectivity index (χ0v) is 12.6. The molecule has 2 rings (SSSR count). The molecule has 6 heteroatoms. The molecule has 1 fully saturated rings. The van der Waals surface area contributed by atoms with Gasteiger partial charge in [0.1, 0.15) is 0 Å².